The quantitative estimate of drug-likeness (QED) is 0.0641. The zero-order chi connectivity index (χ0) is 25.0. The van der Waals surface area contributed by atoms with Gasteiger partial charge in [0, 0.05) is 24.3 Å². The van der Waals surface area contributed by atoms with E-state index in [0.29, 0.717) is 0 Å². The van der Waals surface area contributed by atoms with Crippen molar-refractivity contribution in [3.63, 3.8) is 0 Å². The summed E-state index contributed by atoms with van der Waals surface area (Å²) in [4.78, 5) is 11.6. The Labute approximate surface area is 298 Å². The SMILES string of the molecule is COc1ccc(C=NC2=CC=C=CC2=[S+]CCSC2=C(N=Cc3ccc(OC)cc3)[CH-]C=C=C2)cc1.[Cl-].[Cl-].[Hg+].[Hg+]. The molecule has 0 N–H and O–H groups in total. The smallest absolute Gasteiger partial charge is 1.00 e. The Morgan fingerprint density at radius 1 is 0.850 bits per heavy atom. The van der Waals surface area contributed by atoms with E-state index >= 15 is 0 Å². The Bertz CT molecular complexity index is 1370. The van der Waals surface area contributed by atoms with Gasteiger partial charge in [0.2, 0.25) is 0 Å². The van der Waals surface area contributed by atoms with Crippen molar-refractivity contribution in [1.82, 2.24) is 0 Å². The van der Waals surface area contributed by atoms with Gasteiger partial charge >= 0.3 is 55.3 Å². The third-order valence-corrected chi connectivity index (χ3v) is 7.49. The van der Waals surface area contributed by atoms with Crippen molar-refractivity contribution in [2.75, 3.05) is 25.7 Å². The van der Waals surface area contributed by atoms with E-state index in [1.165, 1.54) is 0 Å². The first kappa shape index (κ1) is 38.7. The number of methoxy groups -OCH3 is 2. The van der Waals surface area contributed by atoms with Crippen LogP contribution in [-0.2, 0) is 66.7 Å². The summed E-state index contributed by atoms with van der Waals surface area (Å²) in [5, 5.41) is 0. The van der Waals surface area contributed by atoms with E-state index in [2.05, 4.69) is 11.5 Å². The van der Waals surface area contributed by atoms with Gasteiger partial charge in [-0.05, 0) is 77.5 Å². The predicted octanol–water partition coefficient (Wildman–Crippen LogP) is -0.0174. The maximum absolute atomic E-state index is 5.22. The maximum atomic E-state index is 5.22. The van der Waals surface area contributed by atoms with E-state index in [4.69, 9.17) is 19.5 Å². The van der Waals surface area contributed by atoms with Crippen molar-refractivity contribution in [3.05, 3.63) is 124 Å². The molecule has 2 aliphatic carbocycles. The molecule has 2 aromatic carbocycles. The first-order chi connectivity index (χ1) is 17.7. The monoisotopic (exact) mass is 984 g/mol. The van der Waals surface area contributed by atoms with Crippen molar-refractivity contribution in [2.24, 2.45) is 9.98 Å². The van der Waals surface area contributed by atoms with Gasteiger partial charge in [0.15, 0.2) is 17.1 Å². The molecule has 0 aromatic heterocycles. The number of allylic oxidation sites excluding steroid dienone is 4. The van der Waals surface area contributed by atoms with E-state index in [0.717, 1.165) is 55.3 Å². The Balaban J connectivity index is 0.00000380. The molecule has 4 rings (SSSR count). The molecule has 0 spiro atoms. The van der Waals surface area contributed by atoms with Crippen LogP contribution in [0.25, 0.3) is 0 Å². The zero-order valence-corrected chi connectivity index (χ0v) is 36.5. The predicted molar refractivity (Wildman–Crippen MR) is 156 cm³/mol. The molecule has 10 heteroatoms. The van der Waals surface area contributed by atoms with Crippen molar-refractivity contribution < 1.29 is 89.6 Å². The minimum atomic E-state index is 0. The molecule has 2 aromatic rings. The molecule has 0 aliphatic heterocycles. The fourth-order valence-electron chi connectivity index (χ4n) is 3.23. The summed E-state index contributed by atoms with van der Waals surface area (Å²) in [5.41, 5.74) is 10.3. The Morgan fingerprint density at radius 2 is 1.45 bits per heavy atom. The number of hydrogen-bond donors (Lipinski definition) is 0. The van der Waals surface area contributed by atoms with Gasteiger partial charge in [-0.15, -0.1) is 24.3 Å². The first-order valence-electron chi connectivity index (χ1n) is 11.4. The van der Waals surface area contributed by atoms with Crippen LogP contribution in [-0.4, -0.2) is 43.0 Å². The Kier molecular flexibility index (Phi) is 20.7. The molecule has 0 heterocycles. The number of rotatable bonds is 10. The normalized spacial score (nSPS) is 14.2. The zero-order valence-electron chi connectivity index (χ0n) is 22.3. The summed E-state index contributed by atoms with van der Waals surface area (Å²) in [5.74, 6) is 3.54. The number of nitrogens with zero attached hydrogens (tertiary/aromatic N) is 2. The van der Waals surface area contributed by atoms with Crippen molar-refractivity contribution in [1.29, 1.82) is 0 Å². The van der Waals surface area contributed by atoms with Gasteiger partial charge in [-0.2, -0.15) is 11.8 Å². The first-order valence-corrected chi connectivity index (χ1v) is 13.3. The molecule has 0 atom stereocenters. The summed E-state index contributed by atoms with van der Waals surface area (Å²) >= 11 is 3.56. The van der Waals surface area contributed by atoms with Crippen LogP contribution in [0.2, 0.25) is 0 Å². The van der Waals surface area contributed by atoms with Crippen LogP contribution in [0.1, 0.15) is 11.1 Å². The van der Waals surface area contributed by atoms with Gasteiger partial charge in [0.25, 0.3) is 4.86 Å². The molecule has 0 unspecified atom stereocenters. The number of benzene rings is 2. The molecule has 2 radical (unpaired) electrons. The second kappa shape index (κ2) is 21.4. The summed E-state index contributed by atoms with van der Waals surface area (Å²) in [7, 11) is 3.33. The molecule has 0 fully saturated rings. The van der Waals surface area contributed by atoms with E-state index in [-0.39, 0.29) is 80.2 Å². The largest absolute Gasteiger partial charge is 1.00 e. The van der Waals surface area contributed by atoms with E-state index < -0.39 is 0 Å². The van der Waals surface area contributed by atoms with Gasteiger partial charge in [0.05, 0.1) is 14.2 Å². The van der Waals surface area contributed by atoms with E-state index in [9.17, 15) is 0 Å². The molecule has 0 amide bonds. The van der Waals surface area contributed by atoms with Gasteiger partial charge in [-0.1, -0.05) is 4.91 Å². The van der Waals surface area contributed by atoms with E-state index in [1.54, 1.807) is 37.3 Å². The topological polar surface area (TPSA) is 43.2 Å². The Morgan fingerprint density at radius 3 is 2.05 bits per heavy atom. The van der Waals surface area contributed by atoms with Crippen molar-refractivity contribution in [3.8, 4) is 11.5 Å². The number of hydrogen-bond acceptors (Lipinski definition) is 5. The molecule has 40 heavy (non-hydrogen) atoms. The fourth-order valence-corrected chi connectivity index (χ4v) is 5.18. The minimum absolute atomic E-state index is 0. The summed E-state index contributed by atoms with van der Waals surface area (Å²) in [6.07, 6.45) is 15.5. The van der Waals surface area contributed by atoms with E-state index in [1.807, 2.05) is 97.8 Å². The van der Waals surface area contributed by atoms with Gasteiger partial charge < -0.3 is 34.3 Å². The van der Waals surface area contributed by atoms with Crippen LogP contribution < -0.4 is 34.3 Å². The average Bonchev–Trinajstić information content (AvgIpc) is 2.94. The van der Waals surface area contributed by atoms with Crippen LogP contribution in [0.5, 0.6) is 11.5 Å². The van der Waals surface area contributed by atoms with Crippen LogP contribution in [0.15, 0.2) is 117 Å². The summed E-state index contributed by atoms with van der Waals surface area (Å²) < 4.78 is 10.4. The van der Waals surface area contributed by atoms with Crippen LogP contribution in [0.4, 0.5) is 0 Å². The fraction of sp³-hybridized carbons (Fsp3) is 0.133. The standard InChI is InChI=1S/C30H26N2O2S2.2ClH.2Hg/c1-33-25-15-11-23(12-16-25)21-31-27-7-3-5-9-29(27)35-19-20-36-30-10-6-4-8-28(30)32-22-24-13-17-26(34-2)18-14-24;;;;/h3-4,7-18,21-22H,19-20H2,1-2H3;2*1H;;/q;;;2*+1/p-2. The second-order valence-corrected chi connectivity index (χ2v) is 9.82. The number of aliphatic imine (C=N–C) groups is 2. The van der Waals surface area contributed by atoms with Crippen LogP contribution in [0, 0.1) is 6.42 Å². The molecule has 0 saturated carbocycles. The molecule has 0 bridgehead atoms. The average molecular weight is 983 g/mol. The molecule has 4 nitrogen and oxygen atoms in total. The molecule has 2 aliphatic rings. The van der Waals surface area contributed by atoms with Crippen LogP contribution >= 0.6 is 11.8 Å². The number of ether oxygens (including phenoxy) is 2. The molecular formula is C30H26Cl2Hg2N2O2S2. The molecule has 0 saturated heterocycles. The summed E-state index contributed by atoms with van der Waals surface area (Å²) in [6.45, 7) is 0. The number of halogens is 2. The van der Waals surface area contributed by atoms with Crippen LogP contribution in [0.3, 0.4) is 0 Å². The maximum Gasteiger partial charge on any atom is 1.00 e. The number of thioether (sulfide) groups is 1. The molecular weight excluding hydrogens is 957 g/mol. The summed E-state index contributed by atoms with van der Waals surface area (Å²) in [6, 6.07) is 15.7. The van der Waals surface area contributed by atoms with Gasteiger partial charge in [-0.3, -0.25) is 15.7 Å². The van der Waals surface area contributed by atoms with Gasteiger partial charge in [-0.25, -0.2) is 0 Å². The minimum Gasteiger partial charge on any atom is -1.00 e. The van der Waals surface area contributed by atoms with Crippen molar-refractivity contribution >= 4 is 40.4 Å². The third-order valence-electron chi connectivity index (χ3n) is 5.14. The Hall–Kier alpha value is -1.34. The third kappa shape index (κ3) is 12.3. The van der Waals surface area contributed by atoms with Gasteiger partial charge in [0.1, 0.15) is 17.2 Å². The molecule has 198 valence electrons. The van der Waals surface area contributed by atoms with Crippen molar-refractivity contribution in [2.45, 2.75) is 0 Å². The second-order valence-electron chi connectivity index (χ2n) is 7.55.